The van der Waals surface area contributed by atoms with Crippen molar-refractivity contribution in [2.45, 2.75) is 57.3 Å². The number of H-pyrrole nitrogens is 1. The van der Waals surface area contributed by atoms with Crippen LogP contribution >= 0.6 is 22.9 Å². The molecule has 190 valence electrons. The highest BCUT2D eigenvalue weighted by molar-refractivity contribution is 7.13. The molecule has 1 saturated carbocycles. The van der Waals surface area contributed by atoms with Gasteiger partial charge in [0, 0.05) is 59.3 Å². The smallest absolute Gasteiger partial charge is 0.280 e. The number of nitrogens with zero attached hydrogens (tertiary/aromatic N) is 2. The maximum absolute atomic E-state index is 13.2. The van der Waals surface area contributed by atoms with Crippen LogP contribution < -0.4 is 16.0 Å². The predicted octanol–water partition coefficient (Wildman–Crippen LogP) is 2.85. The maximum Gasteiger partial charge on any atom is 0.280 e. The SMILES string of the molecule is CC(=O)NC1CCC(NC(=O)c2nc3c(s2)CN(C)CC3)C(NC(=O)c2cc3cc(Cl)ccc3[nH]2)C1. The van der Waals surface area contributed by atoms with Gasteiger partial charge in [0.1, 0.15) is 5.69 Å². The summed E-state index contributed by atoms with van der Waals surface area (Å²) >= 11 is 7.52. The average molecular weight is 529 g/mol. The number of carbonyl (C=O) groups is 3. The highest BCUT2D eigenvalue weighted by atomic mass is 35.5. The van der Waals surface area contributed by atoms with Gasteiger partial charge in [0.25, 0.3) is 11.8 Å². The summed E-state index contributed by atoms with van der Waals surface area (Å²) in [6.07, 6.45) is 2.69. The summed E-state index contributed by atoms with van der Waals surface area (Å²) in [7, 11) is 2.06. The molecule has 36 heavy (non-hydrogen) atoms. The predicted molar refractivity (Wildman–Crippen MR) is 139 cm³/mol. The van der Waals surface area contributed by atoms with Gasteiger partial charge in [0.2, 0.25) is 5.91 Å². The number of benzene rings is 1. The quantitative estimate of drug-likeness (QED) is 0.406. The molecule has 0 bridgehead atoms. The summed E-state index contributed by atoms with van der Waals surface area (Å²) in [5.74, 6) is -0.610. The first-order chi connectivity index (χ1) is 17.2. The van der Waals surface area contributed by atoms with Crippen molar-refractivity contribution in [1.82, 2.24) is 30.8 Å². The van der Waals surface area contributed by atoms with Gasteiger partial charge in [-0.2, -0.15) is 0 Å². The van der Waals surface area contributed by atoms with Gasteiger partial charge in [-0.1, -0.05) is 11.6 Å². The van der Waals surface area contributed by atoms with Crippen LogP contribution in [0.1, 0.15) is 57.0 Å². The van der Waals surface area contributed by atoms with Gasteiger partial charge in [0.05, 0.1) is 11.7 Å². The van der Waals surface area contributed by atoms with Crippen LogP contribution in [0.3, 0.4) is 0 Å². The van der Waals surface area contributed by atoms with Gasteiger partial charge in [-0.3, -0.25) is 14.4 Å². The van der Waals surface area contributed by atoms with E-state index in [9.17, 15) is 14.4 Å². The number of aromatic amines is 1. The number of carbonyl (C=O) groups excluding carboxylic acids is 3. The molecule has 3 atom stereocenters. The van der Waals surface area contributed by atoms with Crippen molar-refractivity contribution < 1.29 is 14.4 Å². The van der Waals surface area contributed by atoms with Crippen LogP contribution in [0.4, 0.5) is 0 Å². The summed E-state index contributed by atoms with van der Waals surface area (Å²) in [5.41, 5.74) is 2.23. The van der Waals surface area contributed by atoms with Gasteiger partial charge < -0.3 is 25.8 Å². The molecule has 0 saturated heterocycles. The Morgan fingerprint density at radius 3 is 2.72 bits per heavy atom. The molecular formula is C25H29ClN6O3S. The number of rotatable bonds is 5. The van der Waals surface area contributed by atoms with Gasteiger partial charge in [-0.05, 0) is 50.6 Å². The first-order valence-corrected chi connectivity index (χ1v) is 13.3. The Morgan fingerprint density at radius 2 is 1.92 bits per heavy atom. The molecule has 11 heteroatoms. The lowest BCUT2D eigenvalue weighted by Gasteiger charge is -2.37. The fourth-order valence-corrected chi connectivity index (χ4v) is 6.32. The van der Waals surface area contributed by atoms with E-state index in [0.717, 1.165) is 41.0 Å². The van der Waals surface area contributed by atoms with E-state index in [1.54, 1.807) is 18.2 Å². The molecular weight excluding hydrogens is 500 g/mol. The number of aromatic nitrogens is 2. The highest BCUT2D eigenvalue weighted by Gasteiger charge is 2.34. The zero-order chi connectivity index (χ0) is 25.4. The van der Waals surface area contributed by atoms with Crippen molar-refractivity contribution in [2.24, 2.45) is 0 Å². The molecule has 5 rings (SSSR count). The second-order valence-corrected chi connectivity index (χ2v) is 11.2. The van der Waals surface area contributed by atoms with Gasteiger partial charge in [0.15, 0.2) is 5.01 Å². The number of hydrogen-bond donors (Lipinski definition) is 4. The van der Waals surface area contributed by atoms with Crippen LogP contribution in [0, 0.1) is 0 Å². The third kappa shape index (κ3) is 5.40. The summed E-state index contributed by atoms with van der Waals surface area (Å²) in [4.78, 5) is 49.0. The minimum Gasteiger partial charge on any atom is -0.354 e. The van der Waals surface area contributed by atoms with Crippen molar-refractivity contribution >= 4 is 51.6 Å². The van der Waals surface area contributed by atoms with E-state index < -0.39 is 0 Å². The van der Waals surface area contributed by atoms with Gasteiger partial charge in [-0.25, -0.2) is 4.98 Å². The zero-order valence-electron chi connectivity index (χ0n) is 20.2. The molecule has 3 unspecified atom stereocenters. The molecule has 0 radical (unpaired) electrons. The monoisotopic (exact) mass is 528 g/mol. The summed E-state index contributed by atoms with van der Waals surface area (Å²) in [6.45, 7) is 3.22. The third-order valence-corrected chi connectivity index (χ3v) is 8.15. The van der Waals surface area contributed by atoms with E-state index in [1.807, 2.05) is 6.07 Å². The van der Waals surface area contributed by atoms with E-state index in [1.165, 1.54) is 18.3 Å². The van der Waals surface area contributed by atoms with Crippen molar-refractivity contribution in [3.63, 3.8) is 0 Å². The Labute approximate surface area is 218 Å². The van der Waals surface area contributed by atoms with E-state index in [2.05, 4.69) is 37.9 Å². The number of thiazole rings is 1. The van der Waals surface area contributed by atoms with E-state index in [-0.39, 0.29) is 35.8 Å². The lowest BCUT2D eigenvalue weighted by molar-refractivity contribution is -0.119. The van der Waals surface area contributed by atoms with Crippen molar-refractivity contribution in [3.8, 4) is 0 Å². The standard InChI is InChI=1S/C25H29ClN6O3S/c1-13(33)27-16-4-6-18(29-24(35)25-31-19-7-8-32(2)12-22(19)36-25)20(11-16)30-23(34)21-10-14-9-15(26)3-5-17(14)28-21/h3,5,9-10,16,18,20,28H,4,6-8,11-12H2,1-2H3,(H,27,33)(H,29,35)(H,30,34). The molecule has 1 fully saturated rings. The van der Waals surface area contributed by atoms with Crippen LogP contribution in [0.15, 0.2) is 24.3 Å². The van der Waals surface area contributed by atoms with Gasteiger partial charge >= 0.3 is 0 Å². The fourth-order valence-electron chi connectivity index (χ4n) is 5.04. The first-order valence-electron chi connectivity index (χ1n) is 12.1. The highest BCUT2D eigenvalue weighted by Crippen LogP contribution is 2.26. The van der Waals surface area contributed by atoms with Crippen LogP contribution in [0.25, 0.3) is 10.9 Å². The molecule has 3 heterocycles. The first kappa shape index (κ1) is 24.7. The Bertz CT molecular complexity index is 1320. The van der Waals surface area contributed by atoms with Crippen LogP contribution in [-0.4, -0.2) is 64.3 Å². The Hall–Kier alpha value is -2.95. The number of halogens is 1. The Morgan fingerprint density at radius 1 is 1.11 bits per heavy atom. The molecule has 1 aromatic carbocycles. The molecule has 0 spiro atoms. The molecule has 2 aromatic heterocycles. The van der Waals surface area contributed by atoms with E-state index in [0.29, 0.717) is 35.0 Å². The van der Waals surface area contributed by atoms with Crippen molar-refractivity contribution in [1.29, 1.82) is 0 Å². The molecule has 4 N–H and O–H groups in total. The number of likely N-dealkylation sites (N-methyl/N-ethyl adjacent to an activating group) is 1. The van der Waals surface area contributed by atoms with Gasteiger partial charge in [-0.15, -0.1) is 11.3 Å². The topological polar surface area (TPSA) is 119 Å². The number of fused-ring (bicyclic) bond motifs is 2. The largest absolute Gasteiger partial charge is 0.354 e. The van der Waals surface area contributed by atoms with Crippen LogP contribution in [0.5, 0.6) is 0 Å². The van der Waals surface area contributed by atoms with Crippen LogP contribution in [0.2, 0.25) is 5.02 Å². The molecule has 1 aliphatic carbocycles. The second kappa shape index (κ2) is 10.2. The molecule has 3 aromatic rings. The molecule has 1 aliphatic heterocycles. The minimum absolute atomic E-state index is 0.0785. The molecule has 3 amide bonds. The Kier molecular flexibility index (Phi) is 7.00. The molecule has 9 nitrogen and oxygen atoms in total. The lowest BCUT2D eigenvalue weighted by Crippen LogP contribution is -2.57. The molecule has 2 aliphatic rings. The van der Waals surface area contributed by atoms with E-state index >= 15 is 0 Å². The second-order valence-electron chi connectivity index (χ2n) is 9.66. The zero-order valence-corrected chi connectivity index (χ0v) is 21.8. The lowest BCUT2D eigenvalue weighted by atomic mass is 9.86. The normalized spacial score (nSPS) is 22.1. The number of nitrogens with one attached hydrogen (secondary N) is 4. The summed E-state index contributed by atoms with van der Waals surface area (Å²) < 4.78 is 0. The number of amides is 3. The maximum atomic E-state index is 13.2. The number of hydrogen-bond acceptors (Lipinski definition) is 6. The fraction of sp³-hybridized carbons (Fsp3) is 0.440. The van der Waals surface area contributed by atoms with Crippen LogP contribution in [-0.2, 0) is 17.8 Å². The summed E-state index contributed by atoms with van der Waals surface area (Å²) in [5, 5.41) is 11.0. The third-order valence-electron chi connectivity index (χ3n) is 6.83. The minimum atomic E-state index is -0.359. The van der Waals surface area contributed by atoms with E-state index in [4.69, 9.17) is 11.6 Å². The average Bonchev–Trinajstić information content (AvgIpc) is 3.44. The van der Waals surface area contributed by atoms with Crippen molar-refractivity contribution in [3.05, 3.63) is 50.6 Å². The Balaban J connectivity index is 1.32. The summed E-state index contributed by atoms with van der Waals surface area (Å²) in [6, 6.07) is 6.43. The van der Waals surface area contributed by atoms with Crippen molar-refractivity contribution in [2.75, 3.05) is 13.6 Å².